The Morgan fingerprint density at radius 3 is 2.61 bits per heavy atom. The highest BCUT2D eigenvalue weighted by Crippen LogP contribution is 2.31. The van der Waals surface area contributed by atoms with Crippen LogP contribution in [0.15, 0.2) is 52.4 Å². The quantitative estimate of drug-likeness (QED) is 0.734. The zero-order chi connectivity index (χ0) is 15.6. The monoisotopic (exact) mass is 322 g/mol. The predicted molar refractivity (Wildman–Crippen MR) is 97.4 cm³/mol. The van der Waals surface area contributed by atoms with Gasteiger partial charge in [0.05, 0.1) is 4.91 Å². The third-order valence-electron chi connectivity index (χ3n) is 4.31. The van der Waals surface area contributed by atoms with E-state index in [1.165, 1.54) is 41.8 Å². The molecule has 0 radical (unpaired) electrons. The standard InChI is InChI=1S/C19H18N2OS/c22-18-17(23-19(20-18)21-10-4-1-5-11-21)13-14-8-9-15-6-2-3-7-16(15)12-14/h2-3,6-9,12-13H,1,4-5,10-11H2/b17-13-. The fraction of sp³-hybridized carbons (Fsp3) is 0.263. The zero-order valence-electron chi connectivity index (χ0n) is 12.9. The molecule has 0 spiro atoms. The van der Waals surface area contributed by atoms with E-state index in [0.29, 0.717) is 0 Å². The van der Waals surface area contributed by atoms with Gasteiger partial charge in [-0.2, -0.15) is 4.99 Å². The Balaban J connectivity index is 1.57. The van der Waals surface area contributed by atoms with Gasteiger partial charge in [-0.3, -0.25) is 4.79 Å². The van der Waals surface area contributed by atoms with Crippen LogP contribution in [-0.4, -0.2) is 29.1 Å². The molecule has 0 bridgehead atoms. The normalized spacial score (nSPS) is 20.3. The lowest BCUT2D eigenvalue weighted by atomic mass is 10.1. The van der Waals surface area contributed by atoms with Crippen molar-refractivity contribution in [1.82, 2.24) is 4.90 Å². The third-order valence-corrected chi connectivity index (χ3v) is 5.35. The maximum atomic E-state index is 12.2. The van der Waals surface area contributed by atoms with Crippen LogP contribution in [0.1, 0.15) is 24.8 Å². The first-order valence-electron chi connectivity index (χ1n) is 8.06. The molecule has 0 saturated carbocycles. The molecule has 116 valence electrons. The molecule has 0 aromatic heterocycles. The number of carbonyl (C=O) groups excluding carboxylic acids is 1. The molecule has 2 aliphatic rings. The number of amidine groups is 1. The van der Waals surface area contributed by atoms with Gasteiger partial charge >= 0.3 is 0 Å². The van der Waals surface area contributed by atoms with Gasteiger partial charge in [-0.15, -0.1) is 0 Å². The van der Waals surface area contributed by atoms with E-state index in [1.807, 2.05) is 18.2 Å². The summed E-state index contributed by atoms with van der Waals surface area (Å²) in [5.41, 5.74) is 1.05. The molecule has 1 saturated heterocycles. The SMILES string of the molecule is O=C1N=C(N2CCCCC2)S/C1=C\c1ccc2ccccc2c1. The molecule has 0 aliphatic carbocycles. The summed E-state index contributed by atoms with van der Waals surface area (Å²) in [7, 11) is 0. The molecule has 4 rings (SSSR count). The number of piperidine rings is 1. The van der Waals surface area contributed by atoms with E-state index in [1.54, 1.807) is 0 Å². The minimum absolute atomic E-state index is 0.108. The number of likely N-dealkylation sites (tertiary alicyclic amines) is 1. The molecule has 2 aromatic rings. The van der Waals surface area contributed by atoms with Gasteiger partial charge in [0.15, 0.2) is 5.17 Å². The third kappa shape index (κ3) is 3.04. The van der Waals surface area contributed by atoms with E-state index in [2.05, 4.69) is 40.2 Å². The van der Waals surface area contributed by atoms with Crippen LogP contribution in [0.5, 0.6) is 0 Å². The van der Waals surface area contributed by atoms with Crippen molar-refractivity contribution in [3.05, 3.63) is 52.9 Å². The lowest BCUT2D eigenvalue weighted by molar-refractivity contribution is -0.113. The topological polar surface area (TPSA) is 32.7 Å². The summed E-state index contributed by atoms with van der Waals surface area (Å²) in [5, 5.41) is 3.28. The molecule has 2 heterocycles. The summed E-state index contributed by atoms with van der Waals surface area (Å²) < 4.78 is 0. The molecule has 0 N–H and O–H groups in total. The second-order valence-corrected chi connectivity index (χ2v) is 6.97. The molecule has 3 nitrogen and oxygen atoms in total. The van der Waals surface area contributed by atoms with E-state index in [0.717, 1.165) is 28.7 Å². The number of fused-ring (bicyclic) bond motifs is 1. The Hall–Kier alpha value is -2.07. The van der Waals surface area contributed by atoms with E-state index < -0.39 is 0 Å². The van der Waals surface area contributed by atoms with Crippen molar-refractivity contribution < 1.29 is 4.79 Å². The Kier molecular flexibility index (Phi) is 3.92. The van der Waals surface area contributed by atoms with Crippen LogP contribution >= 0.6 is 11.8 Å². The molecular weight excluding hydrogens is 304 g/mol. The number of hydrogen-bond acceptors (Lipinski definition) is 3. The van der Waals surface area contributed by atoms with Crippen molar-refractivity contribution >= 4 is 39.7 Å². The Morgan fingerprint density at radius 1 is 1.00 bits per heavy atom. The number of nitrogens with zero attached hydrogens (tertiary/aromatic N) is 2. The number of benzene rings is 2. The second kappa shape index (κ2) is 6.20. The van der Waals surface area contributed by atoms with Crippen LogP contribution < -0.4 is 0 Å². The van der Waals surface area contributed by atoms with Gasteiger partial charge in [-0.25, -0.2) is 0 Å². The number of rotatable bonds is 1. The van der Waals surface area contributed by atoms with Crippen molar-refractivity contribution in [3.8, 4) is 0 Å². The first-order chi connectivity index (χ1) is 11.3. The molecule has 1 amide bonds. The van der Waals surface area contributed by atoms with Gasteiger partial charge in [0.25, 0.3) is 5.91 Å². The van der Waals surface area contributed by atoms with Crippen LogP contribution in [0.4, 0.5) is 0 Å². The van der Waals surface area contributed by atoms with Crippen LogP contribution in [0.2, 0.25) is 0 Å². The van der Waals surface area contributed by atoms with Crippen molar-refractivity contribution in [2.24, 2.45) is 4.99 Å². The summed E-state index contributed by atoms with van der Waals surface area (Å²) in [6.07, 6.45) is 5.62. The smallest absolute Gasteiger partial charge is 0.286 e. The van der Waals surface area contributed by atoms with Gasteiger partial charge < -0.3 is 4.90 Å². The van der Waals surface area contributed by atoms with Crippen LogP contribution in [0.25, 0.3) is 16.8 Å². The van der Waals surface area contributed by atoms with Crippen molar-refractivity contribution in [3.63, 3.8) is 0 Å². The lowest BCUT2D eigenvalue weighted by Crippen LogP contribution is -2.33. The minimum Gasteiger partial charge on any atom is -0.351 e. The Morgan fingerprint density at radius 2 is 1.78 bits per heavy atom. The van der Waals surface area contributed by atoms with Crippen LogP contribution in [0, 0.1) is 0 Å². The summed E-state index contributed by atoms with van der Waals surface area (Å²) in [6.45, 7) is 2.03. The van der Waals surface area contributed by atoms with Crippen LogP contribution in [-0.2, 0) is 4.79 Å². The average molecular weight is 322 g/mol. The van der Waals surface area contributed by atoms with Crippen LogP contribution in [0.3, 0.4) is 0 Å². The number of amides is 1. The van der Waals surface area contributed by atoms with Crippen molar-refractivity contribution in [2.75, 3.05) is 13.1 Å². The Bertz CT molecular complexity index is 819. The second-order valence-electron chi connectivity index (χ2n) is 5.96. The lowest BCUT2D eigenvalue weighted by Gasteiger charge is -2.27. The number of aliphatic imine (C=N–C) groups is 1. The highest BCUT2D eigenvalue weighted by Gasteiger charge is 2.26. The summed E-state index contributed by atoms with van der Waals surface area (Å²) >= 11 is 1.51. The van der Waals surface area contributed by atoms with E-state index in [4.69, 9.17) is 0 Å². The zero-order valence-corrected chi connectivity index (χ0v) is 13.7. The first kappa shape index (κ1) is 14.5. The molecule has 1 fully saturated rings. The molecule has 0 atom stereocenters. The molecular formula is C19H18N2OS. The summed E-state index contributed by atoms with van der Waals surface area (Å²) in [6, 6.07) is 14.5. The fourth-order valence-electron chi connectivity index (χ4n) is 3.07. The first-order valence-corrected chi connectivity index (χ1v) is 8.87. The van der Waals surface area contributed by atoms with E-state index >= 15 is 0 Å². The van der Waals surface area contributed by atoms with Crippen molar-refractivity contribution in [2.45, 2.75) is 19.3 Å². The Labute approximate surface area is 140 Å². The molecule has 23 heavy (non-hydrogen) atoms. The maximum absolute atomic E-state index is 12.2. The van der Waals surface area contributed by atoms with Gasteiger partial charge in [0.1, 0.15) is 0 Å². The number of carbonyl (C=O) groups is 1. The molecule has 4 heteroatoms. The summed E-state index contributed by atoms with van der Waals surface area (Å²) in [4.78, 5) is 19.4. The van der Waals surface area contributed by atoms with E-state index in [-0.39, 0.29) is 5.91 Å². The number of hydrogen-bond donors (Lipinski definition) is 0. The van der Waals surface area contributed by atoms with Gasteiger partial charge in [0, 0.05) is 13.1 Å². The molecule has 0 unspecified atom stereocenters. The highest BCUT2D eigenvalue weighted by atomic mass is 32.2. The highest BCUT2D eigenvalue weighted by molar-refractivity contribution is 8.18. The maximum Gasteiger partial charge on any atom is 0.286 e. The van der Waals surface area contributed by atoms with Crippen molar-refractivity contribution in [1.29, 1.82) is 0 Å². The molecule has 2 aliphatic heterocycles. The molecule has 2 aromatic carbocycles. The average Bonchev–Trinajstić information content (AvgIpc) is 2.96. The fourth-order valence-corrected chi connectivity index (χ4v) is 4.03. The van der Waals surface area contributed by atoms with Gasteiger partial charge in [0.2, 0.25) is 0 Å². The minimum atomic E-state index is -0.108. The van der Waals surface area contributed by atoms with E-state index in [9.17, 15) is 4.79 Å². The number of thioether (sulfide) groups is 1. The summed E-state index contributed by atoms with van der Waals surface area (Å²) in [5.74, 6) is -0.108. The predicted octanol–water partition coefficient (Wildman–Crippen LogP) is 4.30. The largest absolute Gasteiger partial charge is 0.351 e. The van der Waals surface area contributed by atoms with Gasteiger partial charge in [-0.05, 0) is 59.5 Å². The van der Waals surface area contributed by atoms with Gasteiger partial charge in [-0.1, -0.05) is 36.4 Å².